The third kappa shape index (κ3) is 5.30. The highest BCUT2D eigenvalue weighted by Gasteiger charge is 2.38. The molecule has 5 aromatic rings. The van der Waals surface area contributed by atoms with E-state index in [2.05, 4.69) is 15.7 Å². The molecule has 4 aromatic carbocycles. The van der Waals surface area contributed by atoms with Crippen molar-refractivity contribution in [2.24, 2.45) is 0 Å². The lowest BCUT2D eigenvalue weighted by Crippen LogP contribution is -2.48. The second-order valence-corrected chi connectivity index (χ2v) is 10.3. The lowest BCUT2D eigenvalue weighted by Gasteiger charge is -2.21. The third-order valence-corrected chi connectivity index (χ3v) is 7.69. The maximum absolute atomic E-state index is 14.0. The maximum Gasteiger partial charge on any atom is 0.280 e. The Morgan fingerprint density at radius 1 is 0.825 bits per heavy atom. The molecule has 1 N–H and O–H groups in total. The van der Waals surface area contributed by atoms with E-state index in [-0.39, 0.29) is 18.4 Å². The van der Waals surface area contributed by atoms with Crippen molar-refractivity contribution in [2.45, 2.75) is 11.9 Å². The summed E-state index contributed by atoms with van der Waals surface area (Å²) in [6.45, 7) is -0.0760. The number of hydrogen-bond donors (Lipinski definition) is 1. The zero-order valence-electron chi connectivity index (χ0n) is 21.4. The van der Waals surface area contributed by atoms with Crippen molar-refractivity contribution in [1.29, 1.82) is 0 Å². The van der Waals surface area contributed by atoms with Gasteiger partial charge in [0.25, 0.3) is 11.8 Å². The van der Waals surface area contributed by atoms with E-state index in [9.17, 15) is 9.59 Å². The molecule has 0 bridgehead atoms. The first-order chi connectivity index (χ1) is 19.7. The SMILES string of the molecule is O=C(Cn1nnc2ccccc21)NN1C(=O)C(=C(c2ccccc2)c2ccccc2)SC1/C=C/c1ccccc1. The number of para-hydroxylation sites is 1. The van der Waals surface area contributed by atoms with Crippen LogP contribution in [0, 0.1) is 0 Å². The van der Waals surface area contributed by atoms with Crippen LogP contribution in [0.4, 0.5) is 0 Å². The van der Waals surface area contributed by atoms with Crippen molar-refractivity contribution in [2.75, 3.05) is 0 Å². The monoisotopic (exact) mass is 543 g/mol. The van der Waals surface area contributed by atoms with Gasteiger partial charge in [0.05, 0.1) is 10.4 Å². The molecular weight excluding hydrogens is 518 g/mol. The van der Waals surface area contributed by atoms with Gasteiger partial charge in [-0.15, -0.1) is 5.10 Å². The van der Waals surface area contributed by atoms with E-state index in [0.717, 1.165) is 27.8 Å². The molecule has 1 saturated heterocycles. The summed E-state index contributed by atoms with van der Waals surface area (Å²) in [7, 11) is 0. The molecule has 0 aliphatic carbocycles. The van der Waals surface area contributed by atoms with E-state index >= 15 is 0 Å². The Bertz CT molecular complexity index is 1670. The zero-order chi connectivity index (χ0) is 27.3. The fourth-order valence-electron chi connectivity index (χ4n) is 4.59. The number of nitrogens with zero attached hydrogens (tertiary/aromatic N) is 4. The number of rotatable bonds is 7. The molecule has 7 nitrogen and oxygen atoms in total. The van der Waals surface area contributed by atoms with Gasteiger partial charge < -0.3 is 0 Å². The molecule has 40 heavy (non-hydrogen) atoms. The summed E-state index contributed by atoms with van der Waals surface area (Å²) in [4.78, 5) is 27.8. The fourth-order valence-corrected chi connectivity index (χ4v) is 5.80. The molecular formula is C32H25N5O2S. The molecule has 2 heterocycles. The van der Waals surface area contributed by atoms with Gasteiger partial charge >= 0.3 is 0 Å². The Kier molecular flexibility index (Phi) is 7.24. The number of benzene rings is 4. The van der Waals surface area contributed by atoms with Gasteiger partial charge in [0, 0.05) is 5.57 Å². The van der Waals surface area contributed by atoms with Crippen LogP contribution < -0.4 is 5.43 Å². The Hall–Kier alpha value is -4.95. The van der Waals surface area contributed by atoms with E-state index < -0.39 is 5.37 Å². The highest BCUT2D eigenvalue weighted by molar-refractivity contribution is 8.05. The van der Waals surface area contributed by atoms with E-state index in [1.165, 1.54) is 21.5 Å². The molecule has 1 fully saturated rings. The topological polar surface area (TPSA) is 80.1 Å². The van der Waals surface area contributed by atoms with Crippen LogP contribution in [0.3, 0.4) is 0 Å². The number of aromatic nitrogens is 3. The van der Waals surface area contributed by atoms with Crippen molar-refractivity contribution in [3.8, 4) is 0 Å². The first-order valence-electron chi connectivity index (χ1n) is 12.8. The largest absolute Gasteiger partial charge is 0.280 e. The molecule has 1 aromatic heterocycles. The number of fused-ring (bicyclic) bond motifs is 1. The van der Waals surface area contributed by atoms with E-state index in [0.29, 0.717) is 10.4 Å². The average molecular weight is 544 g/mol. The second kappa shape index (κ2) is 11.4. The molecule has 1 aliphatic heterocycles. The Morgan fingerprint density at radius 3 is 2.10 bits per heavy atom. The first kappa shape index (κ1) is 25.3. The van der Waals surface area contributed by atoms with Crippen molar-refractivity contribution in [3.05, 3.63) is 143 Å². The smallest absolute Gasteiger partial charge is 0.271 e. The molecule has 1 atom stereocenters. The highest BCUT2D eigenvalue weighted by Crippen LogP contribution is 2.42. The Balaban J connectivity index is 1.36. The number of nitrogens with one attached hydrogen (secondary N) is 1. The number of carbonyl (C=O) groups excluding carboxylic acids is 2. The molecule has 8 heteroatoms. The summed E-state index contributed by atoms with van der Waals surface area (Å²) >= 11 is 1.42. The molecule has 0 spiro atoms. The zero-order valence-corrected chi connectivity index (χ0v) is 22.2. The maximum atomic E-state index is 14.0. The van der Waals surface area contributed by atoms with Gasteiger partial charge in [-0.25, -0.2) is 9.69 Å². The molecule has 6 rings (SSSR count). The van der Waals surface area contributed by atoms with E-state index in [4.69, 9.17) is 0 Å². The van der Waals surface area contributed by atoms with Gasteiger partial charge in [-0.2, -0.15) is 0 Å². The van der Waals surface area contributed by atoms with Crippen LogP contribution in [-0.4, -0.2) is 37.2 Å². The standard InChI is InChI=1S/C32H25N5O2S/c38-28(22-36-27-19-11-10-18-26(27)33-35-36)34-37-29(21-20-23-12-4-1-5-13-23)40-31(32(37)39)30(24-14-6-2-7-15-24)25-16-8-3-9-17-25/h1-21,29H,22H2,(H,34,38)/b21-20+. The van der Waals surface area contributed by atoms with Crippen molar-refractivity contribution in [3.63, 3.8) is 0 Å². The van der Waals surface area contributed by atoms with Crippen LogP contribution in [0.15, 0.2) is 126 Å². The number of amides is 2. The summed E-state index contributed by atoms with van der Waals surface area (Å²) in [5.74, 6) is -0.642. The van der Waals surface area contributed by atoms with E-state index in [1.807, 2.05) is 127 Å². The minimum atomic E-state index is -0.457. The van der Waals surface area contributed by atoms with Crippen molar-refractivity contribution in [1.82, 2.24) is 25.4 Å². The van der Waals surface area contributed by atoms with Crippen molar-refractivity contribution < 1.29 is 9.59 Å². The van der Waals surface area contributed by atoms with Crippen LogP contribution >= 0.6 is 11.8 Å². The van der Waals surface area contributed by atoms with Crippen molar-refractivity contribution >= 4 is 46.3 Å². The quantitative estimate of drug-likeness (QED) is 0.273. The first-order valence-corrected chi connectivity index (χ1v) is 13.7. The van der Waals surface area contributed by atoms with Gasteiger partial charge in [-0.05, 0) is 34.9 Å². The van der Waals surface area contributed by atoms with Gasteiger partial charge in [-0.1, -0.05) is 126 Å². The fraction of sp³-hybridized carbons (Fsp3) is 0.0625. The molecule has 1 unspecified atom stereocenters. The minimum Gasteiger partial charge on any atom is -0.271 e. The Morgan fingerprint density at radius 2 is 1.43 bits per heavy atom. The lowest BCUT2D eigenvalue weighted by molar-refractivity contribution is -0.137. The molecule has 0 radical (unpaired) electrons. The second-order valence-electron chi connectivity index (χ2n) is 9.16. The van der Waals surface area contributed by atoms with Crippen LogP contribution in [0.5, 0.6) is 0 Å². The molecule has 0 saturated carbocycles. The summed E-state index contributed by atoms with van der Waals surface area (Å²) in [6, 6.07) is 37.0. The summed E-state index contributed by atoms with van der Waals surface area (Å²) in [5, 5.41) is 9.20. The van der Waals surface area contributed by atoms with Gasteiger partial charge in [0.15, 0.2) is 0 Å². The predicted octanol–water partition coefficient (Wildman–Crippen LogP) is 5.54. The third-order valence-electron chi connectivity index (χ3n) is 6.47. The molecule has 2 amide bonds. The highest BCUT2D eigenvalue weighted by atomic mass is 32.2. The summed E-state index contributed by atoms with van der Waals surface area (Å²) in [5.41, 5.74) is 7.99. The number of hydrogen-bond acceptors (Lipinski definition) is 5. The van der Waals surface area contributed by atoms with E-state index in [1.54, 1.807) is 0 Å². The number of thioether (sulfide) groups is 1. The molecule has 196 valence electrons. The average Bonchev–Trinajstić information content (AvgIpc) is 3.54. The van der Waals surface area contributed by atoms with Crippen LogP contribution in [-0.2, 0) is 16.1 Å². The summed E-state index contributed by atoms with van der Waals surface area (Å²) < 4.78 is 1.53. The number of hydrazine groups is 1. The minimum absolute atomic E-state index is 0.0760. The normalized spacial score (nSPS) is 15.2. The predicted molar refractivity (Wildman–Crippen MR) is 158 cm³/mol. The Labute approximate surface area is 235 Å². The van der Waals surface area contributed by atoms with Gasteiger partial charge in [0.1, 0.15) is 17.4 Å². The van der Waals surface area contributed by atoms with Crippen LogP contribution in [0.2, 0.25) is 0 Å². The van der Waals surface area contributed by atoms with Gasteiger partial charge in [0.2, 0.25) is 0 Å². The summed E-state index contributed by atoms with van der Waals surface area (Å²) in [6.07, 6.45) is 3.90. The van der Waals surface area contributed by atoms with Crippen LogP contribution in [0.25, 0.3) is 22.7 Å². The van der Waals surface area contributed by atoms with Crippen LogP contribution in [0.1, 0.15) is 16.7 Å². The lowest BCUT2D eigenvalue weighted by atomic mass is 9.97. The number of carbonyl (C=O) groups is 2. The molecule has 1 aliphatic rings. The van der Waals surface area contributed by atoms with Gasteiger partial charge in [-0.3, -0.25) is 15.0 Å².